The smallest absolute Gasteiger partial charge is 0.263 e. The Labute approximate surface area is 125 Å². The van der Waals surface area contributed by atoms with E-state index in [4.69, 9.17) is 0 Å². The molecule has 0 bridgehead atoms. The summed E-state index contributed by atoms with van der Waals surface area (Å²) >= 11 is 1.51. The second-order valence-electron chi connectivity index (χ2n) is 4.50. The molecule has 112 valence electrons. The molecular formula is C12H13FN4O2S2. The normalized spacial score (nSPS) is 17.1. The van der Waals surface area contributed by atoms with Gasteiger partial charge >= 0.3 is 0 Å². The van der Waals surface area contributed by atoms with Gasteiger partial charge in [-0.2, -0.15) is 4.31 Å². The number of nitrogens with zero attached hydrogens (tertiary/aromatic N) is 4. The summed E-state index contributed by atoms with van der Waals surface area (Å²) in [5, 5.41) is 2.24. The lowest BCUT2D eigenvalue weighted by molar-refractivity contribution is 0.380. The number of piperazine rings is 1. The lowest BCUT2D eigenvalue weighted by atomic mass is 10.4. The van der Waals surface area contributed by atoms with E-state index in [-0.39, 0.29) is 13.1 Å². The number of halogens is 1. The Hall–Kier alpha value is -1.58. The third-order valence-corrected chi connectivity index (χ3v) is 5.90. The number of hydrogen-bond acceptors (Lipinski definition) is 6. The van der Waals surface area contributed by atoms with Gasteiger partial charge in [0.25, 0.3) is 10.0 Å². The predicted molar refractivity (Wildman–Crippen MR) is 77.3 cm³/mol. The highest BCUT2D eigenvalue weighted by Gasteiger charge is 2.32. The molecule has 0 spiro atoms. The van der Waals surface area contributed by atoms with Gasteiger partial charge < -0.3 is 4.90 Å². The van der Waals surface area contributed by atoms with Crippen LogP contribution in [0.3, 0.4) is 0 Å². The topological polar surface area (TPSA) is 66.4 Å². The van der Waals surface area contributed by atoms with E-state index in [0.29, 0.717) is 13.1 Å². The monoisotopic (exact) mass is 328 g/mol. The van der Waals surface area contributed by atoms with E-state index >= 15 is 0 Å². The van der Waals surface area contributed by atoms with Gasteiger partial charge in [0.15, 0.2) is 10.9 Å². The Balaban J connectivity index is 1.76. The summed E-state index contributed by atoms with van der Waals surface area (Å²) in [5.41, 5.74) is 0. The van der Waals surface area contributed by atoms with Crippen LogP contribution in [-0.4, -0.2) is 48.9 Å². The van der Waals surface area contributed by atoms with Crippen molar-refractivity contribution in [2.45, 2.75) is 5.03 Å². The fourth-order valence-corrected chi connectivity index (χ4v) is 4.27. The van der Waals surface area contributed by atoms with E-state index in [9.17, 15) is 12.8 Å². The number of hydrogen-bond donors (Lipinski definition) is 0. The van der Waals surface area contributed by atoms with Crippen molar-refractivity contribution in [2.75, 3.05) is 31.1 Å². The largest absolute Gasteiger partial charge is 0.345 e. The van der Waals surface area contributed by atoms with Gasteiger partial charge in [0.05, 0.1) is 0 Å². The van der Waals surface area contributed by atoms with Gasteiger partial charge in [-0.1, -0.05) is 0 Å². The highest BCUT2D eigenvalue weighted by Crippen LogP contribution is 2.22. The molecular weight excluding hydrogens is 315 g/mol. The fraction of sp³-hybridized carbons (Fsp3) is 0.333. The molecule has 0 radical (unpaired) electrons. The summed E-state index contributed by atoms with van der Waals surface area (Å²) in [6.45, 7) is 1.64. The standard InChI is InChI=1S/C12H13FN4O2S2/c13-10-2-1-3-14-11(10)21(18,19)17-7-5-16(6-8-17)12-15-4-9-20-12/h1-4,9H,5-8H2. The molecule has 0 amide bonds. The number of rotatable bonds is 3. The summed E-state index contributed by atoms with van der Waals surface area (Å²) < 4.78 is 39.7. The lowest BCUT2D eigenvalue weighted by Crippen LogP contribution is -2.49. The summed E-state index contributed by atoms with van der Waals surface area (Å²) in [6, 6.07) is 2.47. The third kappa shape index (κ3) is 2.76. The number of thiazole rings is 1. The lowest BCUT2D eigenvalue weighted by Gasteiger charge is -2.33. The molecule has 2 aromatic heterocycles. The average Bonchev–Trinajstić information content (AvgIpc) is 3.02. The number of pyridine rings is 1. The predicted octanol–water partition coefficient (Wildman–Crippen LogP) is 1.19. The van der Waals surface area contributed by atoms with Gasteiger partial charge in [-0.25, -0.2) is 22.8 Å². The molecule has 0 unspecified atom stereocenters. The summed E-state index contributed by atoms with van der Waals surface area (Å²) in [7, 11) is -3.88. The Bertz CT molecular complexity index is 713. The van der Waals surface area contributed by atoms with Crippen molar-refractivity contribution in [3.63, 3.8) is 0 Å². The van der Waals surface area contributed by atoms with Crippen molar-refractivity contribution in [3.05, 3.63) is 35.7 Å². The molecule has 1 fully saturated rings. The molecule has 1 aliphatic rings. The molecule has 0 aromatic carbocycles. The van der Waals surface area contributed by atoms with Crippen LogP contribution in [-0.2, 0) is 10.0 Å². The Kier molecular flexibility index (Phi) is 3.87. The molecule has 1 saturated heterocycles. The molecule has 1 aliphatic heterocycles. The molecule has 21 heavy (non-hydrogen) atoms. The first-order chi connectivity index (χ1) is 10.1. The molecule has 9 heteroatoms. The van der Waals surface area contributed by atoms with Crippen molar-refractivity contribution >= 4 is 26.5 Å². The first-order valence-corrected chi connectivity index (χ1v) is 8.66. The van der Waals surface area contributed by atoms with Crippen molar-refractivity contribution in [1.82, 2.24) is 14.3 Å². The van der Waals surface area contributed by atoms with Crippen LogP contribution in [0.2, 0.25) is 0 Å². The molecule has 0 N–H and O–H groups in total. The molecule has 0 aliphatic carbocycles. The Morgan fingerprint density at radius 2 is 1.90 bits per heavy atom. The molecule has 6 nitrogen and oxygen atoms in total. The maximum atomic E-state index is 13.7. The molecule has 2 aromatic rings. The Morgan fingerprint density at radius 1 is 1.14 bits per heavy atom. The number of sulfonamides is 1. The van der Waals surface area contributed by atoms with Crippen LogP contribution in [0.5, 0.6) is 0 Å². The Morgan fingerprint density at radius 3 is 2.52 bits per heavy atom. The first kappa shape index (κ1) is 14.4. The minimum absolute atomic E-state index is 0.290. The number of aromatic nitrogens is 2. The van der Waals surface area contributed by atoms with E-state index in [1.807, 2.05) is 10.3 Å². The zero-order valence-electron chi connectivity index (χ0n) is 11.0. The maximum Gasteiger partial charge on any atom is 0.263 e. The minimum Gasteiger partial charge on any atom is -0.345 e. The summed E-state index contributed by atoms with van der Waals surface area (Å²) in [4.78, 5) is 9.89. The van der Waals surface area contributed by atoms with Crippen LogP contribution in [0.15, 0.2) is 34.9 Å². The first-order valence-electron chi connectivity index (χ1n) is 6.34. The van der Waals surface area contributed by atoms with E-state index in [2.05, 4.69) is 9.97 Å². The highest BCUT2D eigenvalue weighted by molar-refractivity contribution is 7.89. The zero-order valence-corrected chi connectivity index (χ0v) is 12.6. The third-order valence-electron chi connectivity index (χ3n) is 3.24. The van der Waals surface area contributed by atoms with Gasteiger partial charge in [-0.15, -0.1) is 11.3 Å². The average molecular weight is 328 g/mol. The van der Waals surface area contributed by atoms with Crippen LogP contribution >= 0.6 is 11.3 Å². The maximum absolute atomic E-state index is 13.7. The van der Waals surface area contributed by atoms with Gasteiger partial charge in [0, 0.05) is 44.0 Å². The molecule has 0 atom stereocenters. The van der Waals surface area contributed by atoms with Crippen LogP contribution < -0.4 is 4.90 Å². The SMILES string of the molecule is O=S(=O)(c1ncccc1F)N1CCN(c2nccs2)CC1. The van der Waals surface area contributed by atoms with E-state index in [1.54, 1.807) is 6.20 Å². The van der Waals surface area contributed by atoms with Gasteiger partial charge in [0.1, 0.15) is 0 Å². The van der Waals surface area contributed by atoms with Gasteiger partial charge in [-0.3, -0.25) is 0 Å². The van der Waals surface area contributed by atoms with Crippen LogP contribution in [0.4, 0.5) is 9.52 Å². The zero-order chi connectivity index (χ0) is 14.9. The summed E-state index contributed by atoms with van der Waals surface area (Å²) in [5.74, 6) is -0.820. The van der Waals surface area contributed by atoms with Crippen molar-refractivity contribution in [2.24, 2.45) is 0 Å². The van der Waals surface area contributed by atoms with E-state index in [1.165, 1.54) is 27.9 Å². The summed E-state index contributed by atoms with van der Waals surface area (Å²) in [6.07, 6.45) is 2.99. The van der Waals surface area contributed by atoms with E-state index < -0.39 is 20.9 Å². The van der Waals surface area contributed by atoms with Crippen molar-refractivity contribution < 1.29 is 12.8 Å². The number of anilines is 1. The second kappa shape index (κ2) is 5.66. The molecule has 0 saturated carbocycles. The van der Waals surface area contributed by atoms with Crippen LogP contribution in [0.1, 0.15) is 0 Å². The highest BCUT2D eigenvalue weighted by atomic mass is 32.2. The molecule has 3 heterocycles. The molecule has 3 rings (SSSR count). The van der Waals surface area contributed by atoms with E-state index in [0.717, 1.165) is 11.2 Å². The van der Waals surface area contributed by atoms with Crippen molar-refractivity contribution in [3.8, 4) is 0 Å². The van der Waals surface area contributed by atoms with Gasteiger partial charge in [-0.05, 0) is 12.1 Å². The van der Waals surface area contributed by atoms with Crippen LogP contribution in [0.25, 0.3) is 0 Å². The van der Waals surface area contributed by atoms with Crippen molar-refractivity contribution in [1.29, 1.82) is 0 Å². The van der Waals surface area contributed by atoms with Gasteiger partial charge in [0.2, 0.25) is 5.03 Å². The quantitative estimate of drug-likeness (QED) is 0.847. The fourth-order valence-electron chi connectivity index (χ4n) is 2.18. The second-order valence-corrected chi connectivity index (χ2v) is 7.22. The minimum atomic E-state index is -3.88. The van der Waals surface area contributed by atoms with Crippen LogP contribution in [0, 0.1) is 5.82 Å².